The van der Waals surface area contributed by atoms with Crippen molar-refractivity contribution in [3.8, 4) is 28.7 Å². The van der Waals surface area contributed by atoms with Crippen molar-refractivity contribution >= 4 is 11.6 Å². The zero-order valence-corrected chi connectivity index (χ0v) is 19.3. The Morgan fingerprint density at radius 2 is 1.80 bits per heavy atom. The molecule has 0 fully saturated rings. The van der Waals surface area contributed by atoms with E-state index in [0.29, 0.717) is 29.5 Å². The van der Waals surface area contributed by atoms with Crippen LogP contribution < -0.4 is 14.8 Å². The molecule has 0 atom stereocenters. The van der Waals surface area contributed by atoms with E-state index < -0.39 is 0 Å². The van der Waals surface area contributed by atoms with Gasteiger partial charge in [-0.1, -0.05) is 18.2 Å². The number of rotatable bonds is 8. The standard InChI is InChI=1S/C25H23N7O3/c1-17-21(16-27-31(17)19-6-4-3-5-7-19)25(33)26-14-15-35-23-13-12-22-28-29-24(32(22)30-23)18-8-10-20(34-2)11-9-18/h3-13,16H,14-15H2,1-2H3,(H,26,33). The maximum Gasteiger partial charge on any atom is 0.254 e. The van der Waals surface area contributed by atoms with Gasteiger partial charge in [-0.25, -0.2) is 4.68 Å². The van der Waals surface area contributed by atoms with Crippen molar-refractivity contribution in [2.75, 3.05) is 20.3 Å². The van der Waals surface area contributed by atoms with Gasteiger partial charge >= 0.3 is 0 Å². The van der Waals surface area contributed by atoms with Crippen molar-refractivity contribution in [2.24, 2.45) is 0 Å². The first-order chi connectivity index (χ1) is 17.1. The summed E-state index contributed by atoms with van der Waals surface area (Å²) in [7, 11) is 1.62. The second-order valence-corrected chi connectivity index (χ2v) is 7.69. The second-order valence-electron chi connectivity index (χ2n) is 7.69. The van der Waals surface area contributed by atoms with Crippen LogP contribution in [-0.2, 0) is 0 Å². The van der Waals surface area contributed by atoms with Gasteiger partial charge in [-0.05, 0) is 49.4 Å². The lowest BCUT2D eigenvalue weighted by atomic mass is 10.2. The van der Waals surface area contributed by atoms with Crippen LogP contribution in [0.25, 0.3) is 22.7 Å². The van der Waals surface area contributed by atoms with Gasteiger partial charge < -0.3 is 14.8 Å². The zero-order valence-electron chi connectivity index (χ0n) is 19.3. The molecule has 1 N–H and O–H groups in total. The summed E-state index contributed by atoms with van der Waals surface area (Å²) in [4.78, 5) is 12.6. The largest absolute Gasteiger partial charge is 0.497 e. The van der Waals surface area contributed by atoms with Gasteiger partial charge in [0.25, 0.3) is 5.91 Å². The van der Waals surface area contributed by atoms with Gasteiger partial charge in [-0.3, -0.25) is 4.79 Å². The number of nitrogens with zero attached hydrogens (tertiary/aromatic N) is 6. The van der Waals surface area contributed by atoms with E-state index in [-0.39, 0.29) is 12.5 Å². The Labute approximate surface area is 201 Å². The predicted octanol–water partition coefficient (Wildman–Crippen LogP) is 3.10. The number of benzene rings is 2. The quantitative estimate of drug-likeness (QED) is 0.348. The van der Waals surface area contributed by atoms with Gasteiger partial charge in [0.1, 0.15) is 12.4 Å². The minimum Gasteiger partial charge on any atom is -0.497 e. The third kappa shape index (κ3) is 4.54. The van der Waals surface area contributed by atoms with Crippen LogP contribution in [0.5, 0.6) is 11.6 Å². The van der Waals surface area contributed by atoms with Crippen molar-refractivity contribution in [2.45, 2.75) is 6.92 Å². The molecule has 2 aromatic carbocycles. The molecular formula is C25H23N7O3. The smallest absolute Gasteiger partial charge is 0.254 e. The summed E-state index contributed by atoms with van der Waals surface area (Å²) in [6.07, 6.45) is 1.57. The third-order valence-electron chi connectivity index (χ3n) is 5.48. The Morgan fingerprint density at radius 3 is 2.57 bits per heavy atom. The Balaban J connectivity index is 1.21. The summed E-state index contributed by atoms with van der Waals surface area (Å²) < 4.78 is 14.3. The molecule has 0 aliphatic carbocycles. The third-order valence-corrected chi connectivity index (χ3v) is 5.48. The van der Waals surface area contributed by atoms with E-state index in [0.717, 1.165) is 22.7 Å². The van der Waals surface area contributed by atoms with Gasteiger partial charge in [0.15, 0.2) is 11.5 Å². The Kier molecular flexibility index (Phi) is 6.08. The highest BCUT2D eigenvalue weighted by Gasteiger charge is 2.15. The highest BCUT2D eigenvalue weighted by atomic mass is 16.5. The molecule has 0 unspecified atom stereocenters. The number of methoxy groups -OCH3 is 1. The second kappa shape index (κ2) is 9.64. The van der Waals surface area contributed by atoms with Crippen LogP contribution in [0.15, 0.2) is 72.9 Å². The number of nitrogens with one attached hydrogen (secondary N) is 1. The number of hydrogen-bond acceptors (Lipinski definition) is 7. The first kappa shape index (κ1) is 22.1. The number of carbonyl (C=O) groups excluding carboxylic acids is 1. The lowest BCUT2D eigenvalue weighted by Crippen LogP contribution is -2.28. The molecule has 5 aromatic rings. The molecular weight excluding hydrogens is 446 g/mol. The van der Waals surface area contributed by atoms with Gasteiger partial charge in [0.05, 0.1) is 36.8 Å². The molecule has 1 amide bonds. The molecule has 0 saturated carbocycles. The molecule has 0 aliphatic rings. The van der Waals surface area contributed by atoms with Crippen molar-refractivity contribution in [3.63, 3.8) is 0 Å². The molecule has 0 bridgehead atoms. The Hall–Kier alpha value is -4.73. The van der Waals surface area contributed by atoms with Crippen molar-refractivity contribution < 1.29 is 14.3 Å². The minimum atomic E-state index is -0.211. The molecule has 0 saturated heterocycles. The zero-order chi connectivity index (χ0) is 24.2. The number of hydrogen-bond donors (Lipinski definition) is 1. The van der Waals surface area contributed by atoms with Gasteiger partial charge in [-0.15, -0.1) is 15.3 Å². The fourth-order valence-electron chi connectivity index (χ4n) is 3.65. The van der Waals surface area contributed by atoms with Crippen LogP contribution in [0.4, 0.5) is 0 Å². The van der Waals surface area contributed by atoms with E-state index >= 15 is 0 Å². The highest BCUT2D eigenvalue weighted by Crippen LogP contribution is 2.22. The number of aromatic nitrogens is 6. The Bertz CT molecular complexity index is 1460. The summed E-state index contributed by atoms with van der Waals surface area (Å²) in [5.41, 5.74) is 3.63. The molecule has 3 heterocycles. The average Bonchev–Trinajstić information content (AvgIpc) is 3.50. The molecule has 176 valence electrons. The monoisotopic (exact) mass is 469 g/mol. The molecule has 10 heteroatoms. The van der Waals surface area contributed by atoms with E-state index in [1.807, 2.05) is 61.5 Å². The molecule has 0 radical (unpaired) electrons. The SMILES string of the molecule is COc1ccc(-c2nnc3ccc(OCCNC(=O)c4cnn(-c5ccccc5)c4C)nn23)cc1. The average molecular weight is 470 g/mol. The molecule has 0 spiro atoms. The molecule has 3 aromatic heterocycles. The number of para-hydroxylation sites is 1. The number of fused-ring (bicyclic) bond motifs is 1. The van der Waals surface area contributed by atoms with E-state index in [9.17, 15) is 4.79 Å². The van der Waals surface area contributed by atoms with Gasteiger partial charge in [-0.2, -0.15) is 9.61 Å². The summed E-state index contributed by atoms with van der Waals surface area (Å²) in [5.74, 6) is 1.53. The van der Waals surface area contributed by atoms with Crippen LogP contribution in [0, 0.1) is 6.92 Å². The fourth-order valence-corrected chi connectivity index (χ4v) is 3.65. The lowest BCUT2D eigenvalue weighted by Gasteiger charge is -2.08. The lowest BCUT2D eigenvalue weighted by molar-refractivity contribution is 0.0946. The fraction of sp³-hybridized carbons (Fsp3) is 0.160. The van der Waals surface area contributed by atoms with Crippen molar-refractivity contribution in [1.82, 2.24) is 34.9 Å². The highest BCUT2D eigenvalue weighted by molar-refractivity contribution is 5.95. The molecule has 35 heavy (non-hydrogen) atoms. The summed E-state index contributed by atoms with van der Waals surface area (Å²) in [5, 5.41) is 20.1. The van der Waals surface area contributed by atoms with Crippen molar-refractivity contribution in [3.05, 3.63) is 84.2 Å². The number of ether oxygens (including phenoxy) is 2. The molecule has 10 nitrogen and oxygen atoms in total. The van der Waals surface area contributed by atoms with Crippen molar-refractivity contribution in [1.29, 1.82) is 0 Å². The van der Waals surface area contributed by atoms with E-state index in [1.165, 1.54) is 0 Å². The van der Waals surface area contributed by atoms with Crippen LogP contribution >= 0.6 is 0 Å². The molecule has 5 rings (SSSR count). The minimum absolute atomic E-state index is 0.211. The van der Waals surface area contributed by atoms with Crippen LogP contribution in [0.2, 0.25) is 0 Å². The number of carbonyl (C=O) groups is 1. The van der Waals surface area contributed by atoms with Crippen LogP contribution in [0.1, 0.15) is 16.1 Å². The normalized spacial score (nSPS) is 10.9. The first-order valence-electron chi connectivity index (χ1n) is 11.0. The topological polar surface area (TPSA) is 108 Å². The summed E-state index contributed by atoms with van der Waals surface area (Å²) in [6, 6.07) is 20.7. The summed E-state index contributed by atoms with van der Waals surface area (Å²) >= 11 is 0. The summed E-state index contributed by atoms with van der Waals surface area (Å²) in [6.45, 7) is 2.42. The predicted molar refractivity (Wildman–Crippen MR) is 129 cm³/mol. The molecule has 0 aliphatic heterocycles. The van der Waals surface area contributed by atoms with E-state index in [2.05, 4.69) is 25.7 Å². The maximum absolute atomic E-state index is 12.6. The van der Waals surface area contributed by atoms with E-state index in [1.54, 1.807) is 34.6 Å². The number of amides is 1. The van der Waals surface area contributed by atoms with E-state index in [4.69, 9.17) is 9.47 Å². The Morgan fingerprint density at radius 1 is 1.00 bits per heavy atom. The van der Waals surface area contributed by atoms with Crippen LogP contribution in [0.3, 0.4) is 0 Å². The maximum atomic E-state index is 12.6. The van der Waals surface area contributed by atoms with Gasteiger partial charge in [0.2, 0.25) is 5.88 Å². The van der Waals surface area contributed by atoms with Gasteiger partial charge in [0, 0.05) is 11.6 Å². The first-order valence-corrected chi connectivity index (χ1v) is 11.0. The van der Waals surface area contributed by atoms with Crippen LogP contribution in [-0.4, -0.2) is 55.8 Å².